The maximum Gasteiger partial charge on any atom is 0.253 e. The number of benzene rings is 1. The smallest absolute Gasteiger partial charge is 0.253 e. The fraction of sp³-hybridized carbons (Fsp3) is 0.318. The van der Waals surface area contributed by atoms with Crippen LogP contribution in [0.4, 0.5) is 5.69 Å². The normalized spacial score (nSPS) is 14.0. The number of nitrogens with one attached hydrogen (secondary N) is 1. The molecule has 6 nitrogen and oxygen atoms in total. The van der Waals surface area contributed by atoms with E-state index in [-0.39, 0.29) is 18.2 Å². The van der Waals surface area contributed by atoms with Crippen LogP contribution in [0.5, 0.6) is 0 Å². The molecule has 2 aromatic heterocycles. The molecule has 1 aliphatic rings. The highest BCUT2D eigenvalue weighted by Gasteiger charge is 2.19. The second kappa shape index (κ2) is 9.06. The summed E-state index contributed by atoms with van der Waals surface area (Å²) in [5.41, 5.74) is 2.94. The molecule has 4 rings (SSSR count). The molecule has 3 heterocycles. The zero-order valence-electron chi connectivity index (χ0n) is 16.9. The molecule has 0 unspecified atom stereocenters. The lowest BCUT2D eigenvalue weighted by Gasteiger charge is -2.26. The lowest BCUT2D eigenvalue weighted by atomic mass is 10.1. The Hall–Kier alpha value is -2.58. The predicted molar refractivity (Wildman–Crippen MR) is 121 cm³/mol. The average Bonchev–Trinajstić information content (AvgIpc) is 3.38. The molecule has 30 heavy (non-hydrogen) atoms. The van der Waals surface area contributed by atoms with Crippen LogP contribution in [-0.2, 0) is 11.2 Å². The lowest BCUT2D eigenvalue weighted by molar-refractivity contribution is -0.115. The summed E-state index contributed by atoms with van der Waals surface area (Å²) >= 11 is 3.33. The van der Waals surface area contributed by atoms with Crippen molar-refractivity contribution in [3.63, 3.8) is 0 Å². The van der Waals surface area contributed by atoms with Crippen molar-refractivity contribution in [2.45, 2.75) is 20.3 Å². The minimum atomic E-state index is -0.141. The van der Waals surface area contributed by atoms with Crippen LogP contribution in [0, 0.1) is 13.8 Å². The van der Waals surface area contributed by atoms with Crippen LogP contribution in [0.25, 0.3) is 10.8 Å². The molecule has 0 atom stereocenters. The SMILES string of the molecule is Cc1ccc(-c2nc(CC(=O)Nc3ccc(C(=O)N4CCSCC4)cc3C)cs2)o1. The third kappa shape index (κ3) is 4.76. The van der Waals surface area contributed by atoms with Crippen molar-refractivity contribution in [2.24, 2.45) is 0 Å². The Morgan fingerprint density at radius 3 is 2.67 bits per heavy atom. The topological polar surface area (TPSA) is 75.4 Å². The molecule has 0 spiro atoms. The molecule has 8 heteroatoms. The highest BCUT2D eigenvalue weighted by atomic mass is 32.2. The van der Waals surface area contributed by atoms with Crippen LogP contribution >= 0.6 is 23.1 Å². The Morgan fingerprint density at radius 1 is 1.17 bits per heavy atom. The van der Waals surface area contributed by atoms with Gasteiger partial charge in [-0.2, -0.15) is 11.8 Å². The predicted octanol–water partition coefficient (Wildman–Crippen LogP) is 4.39. The third-order valence-corrected chi connectivity index (χ3v) is 6.74. The van der Waals surface area contributed by atoms with Crippen LogP contribution in [0.3, 0.4) is 0 Å². The summed E-state index contributed by atoms with van der Waals surface area (Å²) < 4.78 is 5.59. The molecule has 2 amide bonds. The Bertz CT molecular complexity index is 1070. The van der Waals surface area contributed by atoms with Crippen LogP contribution in [0.15, 0.2) is 40.1 Å². The van der Waals surface area contributed by atoms with Crippen molar-refractivity contribution in [1.82, 2.24) is 9.88 Å². The van der Waals surface area contributed by atoms with Gasteiger partial charge in [0.2, 0.25) is 5.91 Å². The van der Waals surface area contributed by atoms with Gasteiger partial charge < -0.3 is 14.6 Å². The number of aryl methyl sites for hydroxylation is 2. The number of thiazole rings is 1. The van der Waals surface area contributed by atoms with Crippen molar-refractivity contribution in [3.05, 3.63) is 58.3 Å². The monoisotopic (exact) mass is 441 g/mol. The van der Waals surface area contributed by atoms with Crippen molar-refractivity contribution in [2.75, 3.05) is 29.9 Å². The molecule has 0 saturated carbocycles. The third-order valence-electron chi connectivity index (χ3n) is 4.89. The van der Waals surface area contributed by atoms with E-state index in [4.69, 9.17) is 4.42 Å². The summed E-state index contributed by atoms with van der Waals surface area (Å²) in [5, 5.41) is 5.57. The standard InChI is InChI=1S/C22H23N3O3S2/c1-14-11-16(22(27)25-7-9-29-10-8-25)4-5-18(14)24-20(26)12-17-13-30-21(23-17)19-6-3-15(2)28-19/h3-6,11,13H,7-10,12H2,1-2H3,(H,24,26). The first-order chi connectivity index (χ1) is 14.5. The molecule has 0 radical (unpaired) electrons. The molecule has 3 aromatic rings. The molecule has 1 aliphatic heterocycles. The molecule has 0 aliphatic carbocycles. The van der Waals surface area contributed by atoms with Gasteiger partial charge in [0, 0.05) is 41.2 Å². The minimum Gasteiger partial charge on any atom is -0.459 e. The highest BCUT2D eigenvalue weighted by Crippen LogP contribution is 2.26. The number of nitrogens with zero attached hydrogens (tertiary/aromatic N) is 2. The van der Waals surface area contributed by atoms with E-state index in [9.17, 15) is 9.59 Å². The summed E-state index contributed by atoms with van der Waals surface area (Å²) in [5.74, 6) is 3.42. The first-order valence-electron chi connectivity index (χ1n) is 9.78. The van der Waals surface area contributed by atoms with E-state index in [1.807, 2.05) is 54.1 Å². The first-order valence-corrected chi connectivity index (χ1v) is 11.8. The van der Waals surface area contributed by atoms with Crippen molar-refractivity contribution in [3.8, 4) is 10.8 Å². The summed E-state index contributed by atoms with van der Waals surface area (Å²) in [6.45, 7) is 5.36. The summed E-state index contributed by atoms with van der Waals surface area (Å²) in [6.07, 6.45) is 0.182. The second-order valence-corrected chi connectivity index (χ2v) is 9.30. The number of hydrogen-bond donors (Lipinski definition) is 1. The van der Waals surface area contributed by atoms with E-state index in [1.54, 1.807) is 12.1 Å². The van der Waals surface area contributed by atoms with Crippen LogP contribution in [-0.4, -0.2) is 46.3 Å². The Kier molecular flexibility index (Phi) is 6.24. The molecular formula is C22H23N3O3S2. The fourth-order valence-electron chi connectivity index (χ4n) is 3.30. The van der Waals surface area contributed by atoms with Crippen molar-refractivity contribution in [1.29, 1.82) is 0 Å². The lowest BCUT2D eigenvalue weighted by Crippen LogP contribution is -2.37. The van der Waals surface area contributed by atoms with Gasteiger partial charge in [-0.3, -0.25) is 9.59 Å². The van der Waals surface area contributed by atoms with Gasteiger partial charge in [0.25, 0.3) is 5.91 Å². The molecule has 1 saturated heterocycles. The van der Waals surface area contributed by atoms with Gasteiger partial charge in [-0.1, -0.05) is 0 Å². The largest absolute Gasteiger partial charge is 0.459 e. The van der Waals surface area contributed by atoms with Gasteiger partial charge >= 0.3 is 0 Å². The molecule has 1 N–H and O–H groups in total. The first kappa shape index (κ1) is 20.7. The average molecular weight is 442 g/mol. The molecule has 1 aromatic carbocycles. The summed E-state index contributed by atoms with van der Waals surface area (Å²) in [7, 11) is 0. The van der Waals surface area contributed by atoms with Gasteiger partial charge in [-0.15, -0.1) is 11.3 Å². The molecule has 0 bridgehead atoms. The maximum atomic E-state index is 12.7. The van der Waals surface area contributed by atoms with E-state index in [1.165, 1.54) is 11.3 Å². The number of carbonyl (C=O) groups is 2. The van der Waals surface area contributed by atoms with Gasteiger partial charge in [-0.05, 0) is 49.7 Å². The number of anilines is 1. The van der Waals surface area contributed by atoms with Gasteiger partial charge in [0.05, 0.1) is 12.1 Å². The Morgan fingerprint density at radius 2 is 1.97 bits per heavy atom. The van der Waals surface area contributed by atoms with Crippen LogP contribution < -0.4 is 5.32 Å². The van der Waals surface area contributed by atoms with Gasteiger partial charge in [0.15, 0.2) is 10.8 Å². The number of thioether (sulfide) groups is 1. The number of rotatable bonds is 5. The van der Waals surface area contributed by atoms with E-state index in [0.29, 0.717) is 22.7 Å². The zero-order valence-corrected chi connectivity index (χ0v) is 18.6. The number of amides is 2. The number of carbonyl (C=O) groups excluding carboxylic acids is 2. The van der Waals surface area contributed by atoms with E-state index in [2.05, 4.69) is 10.3 Å². The van der Waals surface area contributed by atoms with Crippen LogP contribution in [0.1, 0.15) is 27.4 Å². The van der Waals surface area contributed by atoms with E-state index < -0.39 is 0 Å². The Balaban J connectivity index is 1.38. The van der Waals surface area contributed by atoms with Crippen LogP contribution in [0.2, 0.25) is 0 Å². The number of furan rings is 1. The summed E-state index contributed by atoms with van der Waals surface area (Å²) in [4.78, 5) is 31.6. The second-order valence-electron chi connectivity index (χ2n) is 7.21. The number of hydrogen-bond acceptors (Lipinski definition) is 6. The fourth-order valence-corrected chi connectivity index (χ4v) is 4.98. The number of aromatic nitrogens is 1. The van der Waals surface area contributed by atoms with Crippen molar-refractivity contribution < 1.29 is 14.0 Å². The minimum absolute atomic E-state index is 0.0550. The molecule has 1 fully saturated rings. The van der Waals surface area contributed by atoms with Gasteiger partial charge in [-0.25, -0.2) is 4.98 Å². The molecule has 156 valence electrons. The molecular weight excluding hydrogens is 418 g/mol. The van der Waals surface area contributed by atoms with Crippen molar-refractivity contribution >= 4 is 40.6 Å². The van der Waals surface area contributed by atoms with Gasteiger partial charge in [0.1, 0.15) is 5.76 Å². The van der Waals surface area contributed by atoms with E-state index >= 15 is 0 Å². The summed E-state index contributed by atoms with van der Waals surface area (Å²) in [6, 6.07) is 9.21. The quantitative estimate of drug-likeness (QED) is 0.636. The maximum absolute atomic E-state index is 12.7. The highest BCUT2D eigenvalue weighted by molar-refractivity contribution is 7.99. The zero-order chi connectivity index (χ0) is 21.1. The Labute approximate surface area is 183 Å². The van der Waals surface area contributed by atoms with E-state index in [0.717, 1.165) is 40.9 Å².